The predicted molar refractivity (Wildman–Crippen MR) is 163 cm³/mol. The van der Waals surface area contributed by atoms with Crippen LogP contribution in [0.3, 0.4) is 0 Å². The molecule has 0 saturated carbocycles. The monoisotopic (exact) mass is 596 g/mol. The number of carbonyl (C=O) groups excluding carboxylic acids is 2. The maximum Gasteiger partial charge on any atom is 0.265 e. The Bertz CT molecular complexity index is 1410. The first-order chi connectivity index (χ1) is 19.7. The second-order valence-electron chi connectivity index (χ2n) is 10.5. The van der Waals surface area contributed by atoms with E-state index in [1.165, 1.54) is 4.90 Å². The van der Waals surface area contributed by atoms with Gasteiger partial charge < -0.3 is 19.7 Å². The van der Waals surface area contributed by atoms with Gasteiger partial charge in [-0.25, -0.2) is 0 Å². The third-order valence-corrected chi connectivity index (χ3v) is 8.24. The number of benzene rings is 3. The standard InChI is InChI=1S/C31H34Cl2N4O4/c1-20(37-28-16-25(32)26(33)17-29(28)41-19-30(37)38)31(39)34-27(18-36-11-13-40-14-12-36)23-6-4-5-22(15-23)21-7-9-24(10-8-21)35(2)3/h4-10,15-17,20,27H,11-14,18-19H2,1-3H3,(H,34,39). The molecule has 1 fully saturated rings. The number of anilines is 2. The first-order valence-corrected chi connectivity index (χ1v) is 14.4. The average Bonchev–Trinajstić information content (AvgIpc) is 2.98. The van der Waals surface area contributed by atoms with E-state index in [1.54, 1.807) is 19.1 Å². The number of halogens is 2. The van der Waals surface area contributed by atoms with Crippen molar-refractivity contribution in [1.82, 2.24) is 10.2 Å². The molecule has 216 valence electrons. The summed E-state index contributed by atoms with van der Waals surface area (Å²) in [5, 5.41) is 3.83. The van der Waals surface area contributed by atoms with Crippen LogP contribution >= 0.6 is 23.2 Å². The van der Waals surface area contributed by atoms with E-state index >= 15 is 0 Å². The average molecular weight is 598 g/mol. The van der Waals surface area contributed by atoms with Gasteiger partial charge in [-0.05, 0) is 47.9 Å². The van der Waals surface area contributed by atoms with Crippen molar-refractivity contribution in [2.45, 2.75) is 19.0 Å². The highest BCUT2D eigenvalue weighted by Gasteiger charge is 2.35. The molecule has 2 aliphatic rings. The van der Waals surface area contributed by atoms with Crippen molar-refractivity contribution in [2.24, 2.45) is 0 Å². The molecule has 10 heteroatoms. The number of nitrogens with zero attached hydrogens (tertiary/aromatic N) is 3. The summed E-state index contributed by atoms with van der Waals surface area (Å²) in [6.45, 7) is 4.99. The molecular formula is C31H34Cl2N4O4. The molecule has 0 aliphatic carbocycles. The number of rotatable bonds is 8. The highest BCUT2D eigenvalue weighted by Crippen LogP contribution is 2.39. The molecule has 0 aromatic heterocycles. The lowest BCUT2D eigenvalue weighted by atomic mass is 9.98. The van der Waals surface area contributed by atoms with Crippen LogP contribution < -0.4 is 19.9 Å². The summed E-state index contributed by atoms with van der Waals surface area (Å²) in [7, 11) is 4.03. The topological polar surface area (TPSA) is 74.4 Å². The van der Waals surface area contributed by atoms with Crippen LogP contribution in [-0.4, -0.2) is 76.3 Å². The lowest BCUT2D eigenvalue weighted by molar-refractivity contribution is -0.128. The molecule has 1 saturated heterocycles. The molecular weight excluding hydrogens is 563 g/mol. The van der Waals surface area contributed by atoms with E-state index in [-0.39, 0.29) is 29.5 Å². The third-order valence-electron chi connectivity index (χ3n) is 7.51. The predicted octanol–water partition coefficient (Wildman–Crippen LogP) is 5.03. The van der Waals surface area contributed by atoms with Crippen molar-refractivity contribution in [1.29, 1.82) is 0 Å². The largest absolute Gasteiger partial charge is 0.482 e. The van der Waals surface area contributed by atoms with Crippen molar-refractivity contribution in [3.63, 3.8) is 0 Å². The summed E-state index contributed by atoms with van der Waals surface area (Å²) in [5.74, 6) is -0.195. The summed E-state index contributed by atoms with van der Waals surface area (Å²) in [4.78, 5) is 32.5. The maximum atomic E-state index is 13.8. The lowest BCUT2D eigenvalue weighted by Crippen LogP contribution is -2.53. The summed E-state index contributed by atoms with van der Waals surface area (Å²) >= 11 is 12.4. The first kappa shape index (κ1) is 29.2. The Morgan fingerprint density at radius 3 is 2.41 bits per heavy atom. The van der Waals surface area contributed by atoms with Gasteiger partial charge in [-0.15, -0.1) is 0 Å². The number of amides is 2. The number of nitrogens with one attached hydrogen (secondary N) is 1. The fourth-order valence-corrected chi connectivity index (χ4v) is 5.47. The van der Waals surface area contributed by atoms with Crippen molar-refractivity contribution in [3.05, 3.63) is 76.3 Å². The summed E-state index contributed by atoms with van der Waals surface area (Å²) < 4.78 is 11.1. The minimum absolute atomic E-state index is 0.186. The SMILES string of the molecule is CC(C(=O)NC(CN1CCOCC1)c1cccc(-c2ccc(N(C)C)cc2)c1)N1C(=O)COc2cc(Cl)c(Cl)cc21. The fourth-order valence-electron chi connectivity index (χ4n) is 5.16. The van der Waals surface area contributed by atoms with Crippen LogP contribution in [0.15, 0.2) is 60.7 Å². The van der Waals surface area contributed by atoms with Gasteiger partial charge in [0.15, 0.2) is 6.61 Å². The van der Waals surface area contributed by atoms with Crippen molar-refractivity contribution < 1.29 is 19.1 Å². The number of hydrogen-bond acceptors (Lipinski definition) is 6. The molecule has 5 rings (SSSR count). The zero-order valence-electron chi connectivity index (χ0n) is 23.4. The van der Waals surface area contributed by atoms with Crippen LogP contribution in [0.5, 0.6) is 5.75 Å². The van der Waals surface area contributed by atoms with Crippen LogP contribution in [0.25, 0.3) is 11.1 Å². The Kier molecular flexibility index (Phi) is 9.04. The molecule has 2 atom stereocenters. The molecule has 3 aromatic carbocycles. The first-order valence-electron chi connectivity index (χ1n) is 13.6. The molecule has 3 aromatic rings. The third kappa shape index (κ3) is 6.62. The Hall–Kier alpha value is -3.30. The van der Waals surface area contributed by atoms with Gasteiger partial charge in [-0.3, -0.25) is 19.4 Å². The van der Waals surface area contributed by atoms with Gasteiger partial charge in [0.05, 0.1) is 35.0 Å². The molecule has 2 amide bonds. The molecule has 0 spiro atoms. The van der Waals surface area contributed by atoms with Gasteiger partial charge in [0, 0.05) is 45.5 Å². The maximum absolute atomic E-state index is 13.8. The van der Waals surface area contributed by atoms with Gasteiger partial charge >= 0.3 is 0 Å². The van der Waals surface area contributed by atoms with Crippen molar-refractivity contribution in [3.8, 4) is 16.9 Å². The fraction of sp³-hybridized carbons (Fsp3) is 0.355. The van der Waals surface area contributed by atoms with E-state index in [4.69, 9.17) is 32.7 Å². The minimum Gasteiger partial charge on any atom is -0.482 e. The second kappa shape index (κ2) is 12.7. The molecule has 41 heavy (non-hydrogen) atoms. The Morgan fingerprint density at radius 2 is 1.71 bits per heavy atom. The highest BCUT2D eigenvalue weighted by molar-refractivity contribution is 6.42. The van der Waals surface area contributed by atoms with Gasteiger partial charge in [0.1, 0.15) is 11.8 Å². The Balaban J connectivity index is 1.42. The van der Waals surface area contributed by atoms with Crippen LogP contribution in [0.4, 0.5) is 11.4 Å². The molecule has 0 radical (unpaired) electrons. The molecule has 2 aliphatic heterocycles. The van der Waals surface area contributed by atoms with Crippen molar-refractivity contribution >= 4 is 46.4 Å². The van der Waals surface area contributed by atoms with E-state index < -0.39 is 6.04 Å². The van der Waals surface area contributed by atoms with Crippen LogP contribution in [0.2, 0.25) is 10.0 Å². The Morgan fingerprint density at radius 1 is 1.00 bits per heavy atom. The number of hydrogen-bond donors (Lipinski definition) is 1. The second-order valence-corrected chi connectivity index (χ2v) is 11.3. The molecule has 2 unspecified atom stereocenters. The number of morpholine rings is 1. The van der Waals surface area contributed by atoms with Crippen LogP contribution in [0.1, 0.15) is 18.5 Å². The van der Waals surface area contributed by atoms with Crippen molar-refractivity contribution in [2.75, 3.05) is 63.4 Å². The van der Waals surface area contributed by atoms with E-state index in [1.807, 2.05) is 26.2 Å². The number of carbonyl (C=O) groups is 2. The summed E-state index contributed by atoms with van der Waals surface area (Å²) in [6, 6.07) is 18.6. The van der Waals surface area contributed by atoms with Gasteiger partial charge in [0.2, 0.25) is 5.91 Å². The zero-order chi connectivity index (χ0) is 29.1. The smallest absolute Gasteiger partial charge is 0.265 e. The van der Waals surface area contributed by atoms with Gasteiger partial charge in [-0.1, -0.05) is 53.5 Å². The zero-order valence-corrected chi connectivity index (χ0v) is 24.9. The highest BCUT2D eigenvalue weighted by atomic mass is 35.5. The Labute approximate surface area is 250 Å². The summed E-state index contributed by atoms with van der Waals surface area (Å²) in [5.41, 5.74) is 4.68. The molecule has 8 nitrogen and oxygen atoms in total. The van der Waals surface area contributed by atoms with Crippen LogP contribution in [-0.2, 0) is 14.3 Å². The molecule has 1 N–H and O–H groups in total. The van der Waals surface area contributed by atoms with E-state index in [0.717, 1.165) is 35.5 Å². The van der Waals surface area contributed by atoms with Gasteiger partial charge in [0.25, 0.3) is 5.91 Å². The van der Waals surface area contributed by atoms with E-state index in [0.29, 0.717) is 36.2 Å². The number of ether oxygens (including phenoxy) is 2. The molecule has 2 heterocycles. The van der Waals surface area contributed by atoms with Crippen LogP contribution in [0, 0.1) is 0 Å². The van der Waals surface area contributed by atoms with E-state index in [9.17, 15) is 9.59 Å². The number of fused-ring (bicyclic) bond motifs is 1. The normalized spacial score (nSPS) is 16.9. The molecule has 0 bridgehead atoms. The lowest BCUT2D eigenvalue weighted by Gasteiger charge is -2.35. The van der Waals surface area contributed by atoms with Gasteiger partial charge in [-0.2, -0.15) is 0 Å². The van der Waals surface area contributed by atoms with E-state index in [2.05, 4.69) is 51.5 Å². The summed E-state index contributed by atoms with van der Waals surface area (Å²) in [6.07, 6.45) is 0. The minimum atomic E-state index is -0.809. The quantitative estimate of drug-likeness (QED) is 0.393.